The highest BCUT2D eigenvalue weighted by Crippen LogP contribution is 2.34. The second-order valence-corrected chi connectivity index (χ2v) is 7.74. The third kappa shape index (κ3) is 4.47. The minimum Gasteiger partial charge on any atom is -0.396 e. The van der Waals surface area contributed by atoms with Gasteiger partial charge in [-0.1, -0.05) is 6.07 Å². The van der Waals surface area contributed by atoms with Crippen molar-refractivity contribution < 1.29 is 28.5 Å². The molecule has 9 nitrogen and oxygen atoms in total. The quantitative estimate of drug-likeness (QED) is 0.477. The molecule has 0 amide bonds. The van der Waals surface area contributed by atoms with Gasteiger partial charge < -0.3 is 20.7 Å². The monoisotopic (exact) mass is 467 g/mol. The van der Waals surface area contributed by atoms with Gasteiger partial charge in [-0.05, 0) is 29.3 Å². The first kappa shape index (κ1) is 23.3. The number of aliphatic hydroxyl groups excluding tert-OH is 2. The van der Waals surface area contributed by atoms with Crippen LogP contribution in [0.1, 0.15) is 34.1 Å². The summed E-state index contributed by atoms with van der Waals surface area (Å²) >= 11 is 0. The first-order valence-corrected chi connectivity index (χ1v) is 10.2. The van der Waals surface area contributed by atoms with E-state index in [0.717, 1.165) is 18.3 Å². The number of carbonyl (C=O) groups is 1. The van der Waals surface area contributed by atoms with E-state index in [-0.39, 0.29) is 30.0 Å². The number of Topliss-reactive ketones (excluding diaryl/α,β-unsaturated/α-hetero) is 1. The minimum atomic E-state index is -1.36. The first-order chi connectivity index (χ1) is 16.3. The van der Waals surface area contributed by atoms with E-state index in [2.05, 4.69) is 15.0 Å². The summed E-state index contributed by atoms with van der Waals surface area (Å²) in [5.41, 5.74) is 6.00. The van der Waals surface area contributed by atoms with Crippen LogP contribution in [0.15, 0.2) is 42.9 Å². The van der Waals surface area contributed by atoms with E-state index in [1.54, 1.807) is 12.1 Å². The van der Waals surface area contributed by atoms with Crippen LogP contribution in [-0.2, 0) is 11.2 Å². The van der Waals surface area contributed by atoms with Gasteiger partial charge >= 0.3 is 0 Å². The standard InChI is InChI=1S/C23H19F2N5O4/c24-13-2-1-3-14(25)20(13)23-29-10-15(27)21(30-23)16(31)6-11-9-28-5-4-12(11)18-7-17(32)22(33)19(8-26)34-18/h1-5,9-10,17-19,22,32-33H,6-7,27H2/t17-,18-,19-,22+/m1/s1. The number of carbonyl (C=O) groups excluding carboxylic acids is 1. The van der Waals surface area contributed by atoms with Crippen molar-refractivity contribution in [3.63, 3.8) is 0 Å². The van der Waals surface area contributed by atoms with Gasteiger partial charge in [-0.15, -0.1) is 0 Å². The molecule has 1 aliphatic rings. The zero-order valence-electron chi connectivity index (χ0n) is 17.6. The van der Waals surface area contributed by atoms with Crippen molar-refractivity contribution in [1.29, 1.82) is 5.26 Å². The fourth-order valence-electron chi connectivity index (χ4n) is 3.78. The Morgan fingerprint density at radius 1 is 1.24 bits per heavy atom. The highest BCUT2D eigenvalue weighted by Gasteiger charge is 2.38. The lowest BCUT2D eigenvalue weighted by atomic mass is 9.91. The highest BCUT2D eigenvalue weighted by atomic mass is 19.1. The molecule has 4 rings (SSSR count). The molecule has 0 spiro atoms. The molecule has 3 heterocycles. The van der Waals surface area contributed by atoms with Gasteiger partial charge in [0.2, 0.25) is 0 Å². The molecule has 1 fully saturated rings. The number of nitriles is 1. The SMILES string of the molecule is N#C[C@H]1O[C@@H](c2ccncc2CC(=O)c2nc(-c3c(F)cccc3F)ncc2N)C[C@@H](O)[C@@H]1O. The van der Waals surface area contributed by atoms with Gasteiger partial charge in [-0.3, -0.25) is 9.78 Å². The number of anilines is 1. The topological polar surface area (TPSA) is 155 Å². The maximum atomic E-state index is 14.2. The van der Waals surface area contributed by atoms with E-state index in [4.69, 9.17) is 10.5 Å². The van der Waals surface area contributed by atoms with Gasteiger partial charge in [-0.2, -0.15) is 5.26 Å². The molecular formula is C23H19F2N5O4. The fraction of sp³-hybridized carbons (Fsp3) is 0.261. The summed E-state index contributed by atoms with van der Waals surface area (Å²) in [5, 5.41) is 29.2. The summed E-state index contributed by atoms with van der Waals surface area (Å²) in [5.74, 6) is -2.68. The maximum absolute atomic E-state index is 14.2. The number of halogens is 2. The van der Waals surface area contributed by atoms with E-state index < -0.39 is 47.4 Å². The lowest BCUT2D eigenvalue weighted by Gasteiger charge is -2.34. The second kappa shape index (κ2) is 9.56. The number of nitrogen functional groups attached to an aromatic ring is 1. The van der Waals surface area contributed by atoms with E-state index in [1.165, 1.54) is 18.5 Å². The van der Waals surface area contributed by atoms with Crippen molar-refractivity contribution in [3.8, 4) is 17.5 Å². The summed E-state index contributed by atoms with van der Waals surface area (Å²) in [6.45, 7) is 0. The normalized spacial score (nSPS) is 22.2. The minimum absolute atomic E-state index is 0.00307. The van der Waals surface area contributed by atoms with Gasteiger partial charge in [0, 0.05) is 25.2 Å². The predicted octanol–water partition coefficient (Wildman–Crippen LogP) is 1.90. The van der Waals surface area contributed by atoms with Crippen LogP contribution in [0.2, 0.25) is 0 Å². The van der Waals surface area contributed by atoms with Crippen molar-refractivity contribution in [3.05, 3.63) is 71.3 Å². The number of nitrogens with zero attached hydrogens (tertiary/aromatic N) is 4. The summed E-state index contributed by atoms with van der Waals surface area (Å²) in [7, 11) is 0. The number of aromatic nitrogens is 3. The van der Waals surface area contributed by atoms with Crippen LogP contribution >= 0.6 is 0 Å². The molecule has 0 aliphatic carbocycles. The van der Waals surface area contributed by atoms with Crippen LogP contribution < -0.4 is 5.73 Å². The van der Waals surface area contributed by atoms with Crippen molar-refractivity contribution in [2.24, 2.45) is 0 Å². The number of hydrogen-bond acceptors (Lipinski definition) is 9. The van der Waals surface area contributed by atoms with Crippen LogP contribution in [-0.4, -0.2) is 49.3 Å². The Labute approximate surface area is 192 Å². The van der Waals surface area contributed by atoms with E-state index >= 15 is 0 Å². The highest BCUT2D eigenvalue weighted by molar-refractivity contribution is 6.00. The Balaban J connectivity index is 1.64. The van der Waals surface area contributed by atoms with Gasteiger partial charge in [0.05, 0.1) is 35.7 Å². The average Bonchev–Trinajstić information content (AvgIpc) is 2.82. The zero-order valence-corrected chi connectivity index (χ0v) is 17.6. The molecule has 34 heavy (non-hydrogen) atoms. The van der Waals surface area contributed by atoms with Gasteiger partial charge in [0.1, 0.15) is 23.4 Å². The molecule has 1 aliphatic heterocycles. The lowest BCUT2D eigenvalue weighted by Crippen LogP contribution is -2.44. The molecule has 3 aromatic rings. The zero-order chi connectivity index (χ0) is 24.4. The average molecular weight is 467 g/mol. The third-order valence-electron chi connectivity index (χ3n) is 5.50. The number of nitrogens with two attached hydrogens (primary N) is 1. The van der Waals surface area contributed by atoms with E-state index in [1.807, 2.05) is 0 Å². The van der Waals surface area contributed by atoms with Crippen molar-refractivity contribution in [2.75, 3.05) is 5.73 Å². The van der Waals surface area contributed by atoms with Gasteiger partial charge in [0.25, 0.3) is 0 Å². The number of rotatable bonds is 5. The van der Waals surface area contributed by atoms with Crippen LogP contribution in [0, 0.1) is 23.0 Å². The molecular weight excluding hydrogens is 448 g/mol. The smallest absolute Gasteiger partial charge is 0.187 e. The van der Waals surface area contributed by atoms with Crippen LogP contribution in [0.25, 0.3) is 11.4 Å². The molecule has 2 aromatic heterocycles. The summed E-state index contributed by atoms with van der Waals surface area (Å²) < 4.78 is 34.0. The fourth-order valence-corrected chi connectivity index (χ4v) is 3.78. The largest absolute Gasteiger partial charge is 0.396 e. The Kier molecular flexibility index (Phi) is 6.56. The van der Waals surface area contributed by atoms with Crippen molar-refractivity contribution >= 4 is 11.5 Å². The van der Waals surface area contributed by atoms with Gasteiger partial charge in [0.15, 0.2) is 17.7 Å². The molecule has 0 saturated carbocycles. The Bertz CT molecular complexity index is 1260. The number of aliphatic hydroxyl groups is 2. The number of pyridine rings is 1. The van der Waals surface area contributed by atoms with Crippen LogP contribution in [0.4, 0.5) is 14.5 Å². The molecule has 174 valence electrons. The molecule has 4 N–H and O–H groups in total. The van der Waals surface area contributed by atoms with Crippen molar-refractivity contribution in [1.82, 2.24) is 15.0 Å². The second-order valence-electron chi connectivity index (χ2n) is 7.74. The molecule has 0 bridgehead atoms. The van der Waals surface area contributed by atoms with Crippen LogP contribution in [0.3, 0.4) is 0 Å². The Hall–Kier alpha value is -3.85. The van der Waals surface area contributed by atoms with Gasteiger partial charge in [-0.25, -0.2) is 18.7 Å². The van der Waals surface area contributed by atoms with Crippen molar-refractivity contribution in [2.45, 2.75) is 37.3 Å². The summed E-state index contributed by atoms with van der Waals surface area (Å²) in [4.78, 5) is 25.0. The third-order valence-corrected chi connectivity index (χ3v) is 5.50. The molecule has 11 heteroatoms. The molecule has 1 saturated heterocycles. The molecule has 0 radical (unpaired) electrons. The van der Waals surface area contributed by atoms with E-state index in [0.29, 0.717) is 11.1 Å². The Morgan fingerprint density at radius 3 is 2.68 bits per heavy atom. The molecule has 0 unspecified atom stereocenters. The summed E-state index contributed by atoms with van der Waals surface area (Å²) in [6, 6.07) is 6.67. The Morgan fingerprint density at radius 2 is 1.97 bits per heavy atom. The lowest BCUT2D eigenvalue weighted by molar-refractivity contribution is -0.150. The first-order valence-electron chi connectivity index (χ1n) is 10.2. The van der Waals surface area contributed by atoms with E-state index in [9.17, 15) is 29.1 Å². The number of hydrogen-bond donors (Lipinski definition) is 3. The molecule has 1 aromatic carbocycles. The van der Waals surface area contributed by atoms with Crippen LogP contribution in [0.5, 0.6) is 0 Å². The predicted molar refractivity (Wildman–Crippen MR) is 114 cm³/mol. The maximum Gasteiger partial charge on any atom is 0.187 e. The number of benzene rings is 1. The number of ether oxygens (including phenoxy) is 1. The summed E-state index contributed by atoms with van der Waals surface area (Å²) in [6.07, 6.45) is -0.849. The number of ketones is 1. The molecule has 4 atom stereocenters.